The normalized spacial score (nSPS) is 12.5. The summed E-state index contributed by atoms with van der Waals surface area (Å²) >= 11 is 0. The summed E-state index contributed by atoms with van der Waals surface area (Å²) in [5.41, 5.74) is 0. The van der Waals surface area contributed by atoms with Gasteiger partial charge in [-0.05, 0) is 26.7 Å². The maximum absolute atomic E-state index is 4.81. The van der Waals surface area contributed by atoms with Crippen molar-refractivity contribution >= 4 is 11.6 Å². The zero-order valence-corrected chi connectivity index (χ0v) is 14.6. The van der Waals surface area contributed by atoms with Crippen LogP contribution in [-0.4, -0.2) is 29.1 Å². The predicted octanol–water partition coefficient (Wildman–Crippen LogP) is 4.44. The van der Waals surface area contributed by atoms with Gasteiger partial charge in [0.2, 0.25) is 0 Å². The van der Waals surface area contributed by atoms with Gasteiger partial charge in [0.15, 0.2) is 0 Å². The SMILES string of the molecule is CCCCN(c1cc(NCC)nc(C(C)C)n1)C(C)CC. The average Bonchev–Trinajstić information content (AvgIpc) is 2.47. The van der Waals surface area contributed by atoms with Crippen molar-refractivity contribution in [2.75, 3.05) is 23.3 Å². The van der Waals surface area contributed by atoms with Crippen LogP contribution in [0, 0.1) is 0 Å². The van der Waals surface area contributed by atoms with E-state index in [-0.39, 0.29) is 0 Å². The van der Waals surface area contributed by atoms with Crippen molar-refractivity contribution in [1.82, 2.24) is 9.97 Å². The van der Waals surface area contributed by atoms with Crippen LogP contribution in [0.25, 0.3) is 0 Å². The van der Waals surface area contributed by atoms with Crippen molar-refractivity contribution in [2.24, 2.45) is 0 Å². The summed E-state index contributed by atoms with van der Waals surface area (Å²) in [6, 6.07) is 2.60. The maximum Gasteiger partial charge on any atom is 0.135 e. The van der Waals surface area contributed by atoms with Crippen LogP contribution in [0.15, 0.2) is 6.07 Å². The third-order valence-electron chi connectivity index (χ3n) is 3.77. The molecule has 1 aromatic heterocycles. The lowest BCUT2D eigenvalue weighted by Crippen LogP contribution is -2.34. The van der Waals surface area contributed by atoms with Gasteiger partial charge in [0.1, 0.15) is 17.5 Å². The van der Waals surface area contributed by atoms with Crippen LogP contribution in [0.4, 0.5) is 11.6 Å². The summed E-state index contributed by atoms with van der Waals surface area (Å²) in [4.78, 5) is 11.9. The monoisotopic (exact) mass is 292 g/mol. The molecule has 0 saturated heterocycles. The molecule has 0 aliphatic heterocycles. The van der Waals surface area contributed by atoms with Crippen LogP contribution >= 0.6 is 0 Å². The molecule has 0 saturated carbocycles. The summed E-state index contributed by atoms with van der Waals surface area (Å²) in [6.45, 7) is 15.1. The maximum atomic E-state index is 4.81. The van der Waals surface area contributed by atoms with Crippen LogP contribution in [-0.2, 0) is 0 Å². The van der Waals surface area contributed by atoms with Gasteiger partial charge >= 0.3 is 0 Å². The molecule has 1 N–H and O–H groups in total. The third kappa shape index (κ3) is 5.18. The van der Waals surface area contributed by atoms with Crippen molar-refractivity contribution in [3.63, 3.8) is 0 Å². The van der Waals surface area contributed by atoms with Crippen LogP contribution in [0.5, 0.6) is 0 Å². The van der Waals surface area contributed by atoms with Gasteiger partial charge in [0.25, 0.3) is 0 Å². The number of hydrogen-bond donors (Lipinski definition) is 1. The highest BCUT2D eigenvalue weighted by Crippen LogP contribution is 2.23. The van der Waals surface area contributed by atoms with E-state index < -0.39 is 0 Å². The minimum absolute atomic E-state index is 0.340. The quantitative estimate of drug-likeness (QED) is 0.730. The molecule has 4 nitrogen and oxygen atoms in total. The van der Waals surface area contributed by atoms with E-state index in [0.29, 0.717) is 12.0 Å². The lowest BCUT2D eigenvalue weighted by molar-refractivity contribution is 0.586. The Morgan fingerprint density at radius 3 is 2.38 bits per heavy atom. The standard InChI is InChI=1S/C17H32N4/c1-7-10-11-21(14(6)8-2)16-12-15(18-9-3)19-17(20-16)13(4)5/h12-14H,7-11H2,1-6H3,(H,18,19,20). The highest BCUT2D eigenvalue weighted by atomic mass is 15.2. The molecule has 1 atom stereocenters. The molecule has 1 unspecified atom stereocenters. The fourth-order valence-corrected chi connectivity index (χ4v) is 2.24. The molecule has 1 aromatic rings. The topological polar surface area (TPSA) is 41.0 Å². The molecule has 0 radical (unpaired) electrons. The van der Waals surface area contributed by atoms with Gasteiger partial charge in [-0.1, -0.05) is 34.1 Å². The Hall–Kier alpha value is -1.32. The number of nitrogens with zero attached hydrogens (tertiary/aromatic N) is 3. The molecule has 4 heteroatoms. The first kappa shape index (κ1) is 17.7. The molecule has 0 bridgehead atoms. The second-order valence-corrected chi connectivity index (χ2v) is 5.96. The number of unbranched alkanes of at least 4 members (excludes halogenated alkanes) is 1. The van der Waals surface area contributed by atoms with Crippen LogP contribution in [0.2, 0.25) is 0 Å². The Kier molecular flexibility index (Phi) is 7.48. The molecule has 21 heavy (non-hydrogen) atoms. The Morgan fingerprint density at radius 1 is 1.14 bits per heavy atom. The van der Waals surface area contributed by atoms with E-state index in [4.69, 9.17) is 4.98 Å². The highest BCUT2D eigenvalue weighted by molar-refractivity contribution is 5.50. The molecule has 1 rings (SSSR count). The molecule has 0 aliphatic rings. The van der Waals surface area contributed by atoms with Gasteiger partial charge in [-0.15, -0.1) is 0 Å². The first-order chi connectivity index (χ1) is 10.0. The number of anilines is 2. The molecule has 0 aromatic carbocycles. The molecule has 0 spiro atoms. The summed E-state index contributed by atoms with van der Waals surface area (Å²) in [7, 11) is 0. The summed E-state index contributed by atoms with van der Waals surface area (Å²) in [6.07, 6.45) is 3.53. The van der Waals surface area contributed by atoms with Gasteiger partial charge in [0.05, 0.1) is 0 Å². The first-order valence-corrected chi connectivity index (χ1v) is 8.42. The van der Waals surface area contributed by atoms with E-state index in [2.05, 4.69) is 62.8 Å². The van der Waals surface area contributed by atoms with Crippen molar-refractivity contribution in [2.45, 2.75) is 72.8 Å². The Balaban J connectivity index is 3.14. The van der Waals surface area contributed by atoms with Crippen LogP contribution in [0.3, 0.4) is 0 Å². The van der Waals surface area contributed by atoms with E-state index in [1.54, 1.807) is 0 Å². The zero-order chi connectivity index (χ0) is 15.8. The second-order valence-electron chi connectivity index (χ2n) is 5.96. The lowest BCUT2D eigenvalue weighted by atomic mass is 10.2. The van der Waals surface area contributed by atoms with Crippen molar-refractivity contribution < 1.29 is 0 Å². The molecular formula is C17H32N4. The number of hydrogen-bond acceptors (Lipinski definition) is 4. The molecule has 0 aliphatic carbocycles. The van der Waals surface area contributed by atoms with E-state index in [1.165, 1.54) is 12.8 Å². The van der Waals surface area contributed by atoms with Crippen molar-refractivity contribution in [3.05, 3.63) is 11.9 Å². The minimum atomic E-state index is 0.340. The zero-order valence-electron chi connectivity index (χ0n) is 14.6. The molecular weight excluding hydrogens is 260 g/mol. The minimum Gasteiger partial charge on any atom is -0.370 e. The van der Waals surface area contributed by atoms with Gasteiger partial charge in [-0.3, -0.25) is 0 Å². The van der Waals surface area contributed by atoms with E-state index in [9.17, 15) is 0 Å². The summed E-state index contributed by atoms with van der Waals surface area (Å²) in [5, 5.41) is 3.33. The average molecular weight is 292 g/mol. The Bertz CT molecular complexity index is 417. The largest absolute Gasteiger partial charge is 0.370 e. The Morgan fingerprint density at radius 2 is 1.86 bits per heavy atom. The smallest absolute Gasteiger partial charge is 0.135 e. The molecule has 120 valence electrons. The fourth-order valence-electron chi connectivity index (χ4n) is 2.24. The summed E-state index contributed by atoms with van der Waals surface area (Å²) < 4.78 is 0. The van der Waals surface area contributed by atoms with Gasteiger partial charge in [0, 0.05) is 31.1 Å². The van der Waals surface area contributed by atoms with E-state index in [0.717, 1.165) is 37.0 Å². The van der Waals surface area contributed by atoms with Gasteiger partial charge in [-0.2, -0.15) is 0 Å². The molecule has 0 amide bonds. The fraction of sp³-hybridized carbons (Fsp3) is 0.765. The number of nitrogens with one attached hydrogen (secondary N) is 1. The molecule has 1 heterocycles. The molecule has 0 fully saturated rings. The van der Waals surface area contributed by atoms with Crippen LogP contribution in [0.1, 0.15) is 72.5 Å². The second kappa shape index (κ2) is 8.85. The van der Waals surface area contributed by atoms with E-state index in [1.807, 2.05) is 0 Å². The van der Waals surface area contributed by atoms with Gasteiger partial charge < -0.3 is 10.2 Å². The first-order valence-electron chi connectivity index (χ1n) is 8.42. The van der Waals surface area contributed by atoms with Crippen LogP contribution < -0.4 is 10.2 Å². The highest BCUT2D eigenvalue weighted by Gasteiger charge is 2.17. The predicted molar refractivity (Wildman–Crippen MR) is 92.3 cm³/mol. The Labute approximate surface area is 130 Å². The number of rotatable bonds is 9. The summed E-state index contributed by atoms with van der Waals surface area (Å²) in [5.74, 6) is 3.27. The van der Waals surface area contributed by atoms with Crippen molar-refractivity contribution in [1.29, 1.82) is 0 Å². The van der Waals surface area contributed by atoms with Gasteiger partial charge in [-0.25, -0.2) is 9.97 Å². The number of aromatic nitrogens is 2. The van der Waals surface area contributed by atoms with E-state index >= 15 is 0 Å². The van der Waals surface area contributed by atoms with Crippen molar-refractivity contribution in [3.8, 4) is 0 Å². The third-order valence-corrected chi connectivity index (χ3v) is 3.77. The lowest BCUT2D eigenvalue weighted by Gasteiger charge is -2.30.